The molecule has 1 saturated heterocycles. The maximum absolute atomic E-state index is 10.8. The van der Waals surface area contributed by atoms with Gasteiger partial charge in [-0.2, -0.15) is 0 Å². The van der Waals surface area contributed by atoms with Crippen LogP contribution in [-0.4, -0.2) is 61.4 Å². The van der Waals surface area contributed by atoms with E-state index in [1.54, 1.807) is 7.05 Å². The van der Waals surface area contributed by atoms with Crippen LogP contribution in [0.4, 0.5) is 0 Å². The maximum atomic E-state index is 10.8. The summed E-state index contributed by atoms with van der Waals surface area (Å²) in [6.45, 7) is 4.78. The molecule has 1 aliphatic rings. The highest BCUT2D eigenvalue weighted by Crippen LogP contribution is 2.06. The third kappa shape index (κ3) is 2.94. The van der Waals surface area contributed by atoms with Gasteiger partial charge in [0.1, 0.15) is 6.04 Å². The summed E-state index contributed by atoms with van der Waals surface area (Å²) < 4.78 is 5.28. The summed E-state index contributed by atoms with van der Waals surface area (Å²) in [6.07, 6.45) is 0. The first-order chi connectivity index (χ1) is 6.65. The Hall–Kier alpha value is -0.650. The molecule has 14 heavy (non-hydrogen) atoms. The summed E-state index contributed by atoms with van der Waals surface area (Å²) in [5.74, 6) is -0.800. The molecule has 0 saturated carbocycles. The Morgan fingerprint density at radius 1 is 1.79 bits per heavy atom. The largest absolute Gasteiger partial charge is 0.480 e. The Morgan fingerprint density at radius 2 is 2.50 bits per heavy atom. The molecule has 5 heteroatoms. The predicted octanol–water partition coefficient (Wildman–Crippen LogP) is -0.620. The lowest BCUT2D eigenvalue weighted by atomic mass is 10.2. The molecule has 0 aliphatic carbocycles. The number of nitrogens with one attached hydrogen (secondary N) is 1. The second-order valence-electron chi connectivity index (χ2n) is 3.60. The molecule has 5 nitrogen and oxygen atoms in total. The first-order valence-electron chi connectivity index (χ1n) is 4.87. The van der Waals surface area contributed by atoms with E-state index in [1.807, 2.05) is 6.92 Å². The van der Waals surface area contributed by atoms with Crippen molar-refractivity contribution in [3.8, 4) is 0 Å². The molecule has 1 aliphatic heterocycles. The van der Waals surface area contributed by atoms with Crippen molar-refractivity contribution in [2.45, 2.75) is 19.0 Å². The van der Waals surface area contributed by atoms with E-state index < -0.39 is 12.0 Å². The number of carboxylic acid groups (broad SMARTS) is 1. The monoisotopic (exact) mass is 202 g/mol. The van der Waals surface area contributed by atoms with Gasteiger partial charge in [0.05, 0.1) is 13.2 Å². The van der Waals surface area contributed by atoms with Crippen LogP contribution in [-0.2, 0) is 9.53 Å². The predicted molar refractivity (Wildman–Crippen MR) is 52.3 cm³/mol. The van der Waals surface area contributed by atoms with Crippen LogP contribution in [0.1, 0.15) is 6.92 Å². The summed E-state index contributed by atoms with van der Waals surface area (Å²) >= 11 is 0. The van der Waals surface area contributed by atoms with Gasteiger partial charge in [0.25, 0.3) is 0 Å². The van der Waals surface area contributed by atoms with Crippen LogP contribution in [0.5, 0.6) is 0 Å². The molecule has 2 unspecified atom stereocenters. The Balaban J connectivity index is 2.43. The molecule has 0 radical (unpaired) electrons. The number of ether oxygens (including phenoxy) is 1. The molecule has 0 spiro atoms. The summed E-state index contributed by atoms with van der Waals surface area (Å²) in [7, 11) is 1.67. The van der Waals surface area contributed by atoms with Crippen molar-refractivity contribution in [2.75, 3.05) is 33.4 Å². The highest BCUT2D eigenvalue weighted by molar-refractivity contribution is 5.73. The number of nitrogens with zero attached hydrogens (tertiary/aromatic N) is 1. The number of hydrogen-bond donors (Lipinski definition) is 2. The number of morpholine rings is 1. The number of carbonyl (C=O) groups is 1. The minimum absolute atomic E-state index is 0.305. The summed E-state index contributed by atoms with van der Waals surface area (Å²) in [5.41, 5.74) is 0. The Labute approximate surface area is 84.0 Å². The zero-order chi connectivity index (χ0) is 10.6. The summed E-state index contributed by atoms with van der Waals surface area (Å²) in [5, 5.41) is 11.7. The fourth-order valence-electron chi connectivity index (χ4n) is 1.56. The molecule has 1 fully saturated rings. The van der Waals surface area contributed by atoms with Crippen LogP contribution in [0.15, 0.2) is 0 Å². The van der Waals surface area contributed by atoms with Gasteiger partial charge in [-0.25, -0.2) is 0 Å². The van der Waals surface area contributed by atoms with Gasteiger partial charge in [0.2, 0.25) is 0 Å². The van der Waals surface area contributed by atoms with Gasteiger partial charge in [0.15, 0.2) is 0 Å². The van der Waals surface area contributed by atoms with Gasteiger partial charge in [-0.15, -0.1) is 0 Å². The van der Waals surface area contributed by atoms with Crippen LogP contribution < -0.4 is 5.32 Å². The van der Waals surface area contributed by atoms with E-state index in [1.165, 1.54) is 0 Å². The number of hydrogen-bond acceptors (Lipinski definition) is 4. The van der Waals surface area contributed by atoms with E-state index in [4.69, 9.17) is 9.84 Å². The maximum Gasteiger partial charge on any atom is 0.322 e. The van der Waals surface area contributed by atoms with Crippen LogP contribution in [0.2, 0.25) is 0 Å². The van der Waals surface area contributed by atoms with E-state index in [2.05, 4.69) is 10.2 Å². The molecule has 0 aromatic heterocycles. The van der Waals surface area contributed by atoms with Crippen molar-refractivity contribution in [1.82, 2.24) is 10.2 Å². The average Bonchev–Trinajstić information content (AvgIpc) is 2.16. The van der Waals surface area contributed by atoms with Crippen LogP contribution >= 0.6 is 0 Å². The van der Waals surface area contributed by atoms with Gasteiger partial charge in [-0.1, -0.05) is 0 Å². The molecule has 0 aromatic carbocycles. The lowest BCUT2D eigenvalue weighted by Crippen LogP contribution is -2.51. The number of aliphatic carboxylic acids is 1. The molecule has 1 heterocycles. The minimum Gasteiger partial charge on any atom is -0.480 e. The molecular formula is C9H18N2O3. The van der Waals surface area contributed by atoms with Crippen LogP contribution in [0, 0.1) is 0 Å². The Bertz CT molecular complexity index is 198. The van der Waals surface area contributed by atoms with Crippen molar-refractivity contribution < 1.29 is 14.6 Å². The second kappa shape index (κ2) is 5.29. The topological polar surface area (TPSA) is 61.8 Å². The first-order valence-corrected chi connectivity index (χ1v) is 4.87. The molecule has 0 amide bonds. The molecule has 0 bridgehead atoms. The minimum atomic E-state index is -0.800. The number of rotatable bonds is 4. The lowest BCUT2D eigenvalue weighted by Gasteiger charge is -2.34. The van der Waals surface area contributed by atoms with Crippen molar-refractivity contribution >= 4 is 5.97 Å². The van der Waals surface area contributed by atoms with E-state index >= 15 is 0 Å². The van der Waals surface area contributed by atoms with Gasteiger partial charge in [0, 0.05) is 19.1 Å². The standard InChI is InChI=1S/C9H18N2O3/c1-7-6-14-4-3-11(7)5-8(10-2)9(12)13/h7-8,10H,3-6H2,1-2H3,(H,12,13). The van der Waals surface area contributed by atoms with E-state index in [0.717, 1.165) is 6.54 Å². The van der Waals surface area contributed by atoms with E-state index in [-0.39, 0.29) is 0 Å². The summed E-state index contributed by atoms with van der Waals surface area (Å²) in [4.78, 5) is 12.9. The second-order valence-corrected chi connectivity index (χ2v) is 3.60. The normalized spacial score (nSPS) is 26.0. The molecule has 0 aromatic rings. The molecule has 2 N–H and O–H groups in total. The van der Waals surface area contributed by atoms with Gasteiger partial charge >= 0.3 is 5.97 Å². The Morgan fingerprint density at radius 3 is 3.00 bits per heavy atom. The van der Waals surface area contributed by atoms with E-state index in [9.17, 15) is 4.79 Å². The van der Waals surface area contributed by atoms with Gasteiger partial charge in [-0.3, -0.25) is 9.69 Å². The molecule has 1 rings (SSSR count). The van der Waals surface area contributed by atoms with Crippen molar-refractivity contribution in [2.24, 2.45) is 0 Å². The van der Waals surface area contributed by atoms with Crippen molar-refractivity contribution in [3.05, 3.63) is 0 Å². The SMILES string of the molecule is CNC(CN1CCOCC1C)C(=O)O. The van der Waals surface area contributed by atoms with Crippen molar-refractivity contribution in [3.63, 3.8) is 0 Å². The van der Waals surface area contributed by atoms with E-state index in [0.29, 0.717) is 25.8 Å². The van der Waals surface area contributed by atoms with Gasteiger partial charge in [-0.05, 0) is 14.0 Å². The third-order valence-electron chi connectivity index (χ3n) is 2.57. The zero-order valence-electron chi connectivity index (χ0n) is 8.69. The lowest BCUT2D eigenvalue weighted by molar-refractivity contribution is -0.140. The molecule has 82 valence electrons. The van der Waals surface area contributed by atoms with Crippen LogP contribution in [0.25, 0.3) is 0 Å². The number of carboxylic acids is 1. The molecular weight excluding hydrogens is 184 g/mol. The first kappa shape index (κ1) is 11.4. The van der Waals surface area contributed by atoms with Crippen LogP contribution in [0.3, 0.4) is 0 Å². The smallest absolute Gasteiger partial charge is 0.322 e. The fourth-order valence-corrected chi connectivity index (χ4v) is 1.56. The number of likely N-dealkylation sites (N-methyl/N-ethyl adjacent to an activating group) is 1. The molecule has 2 atom stereocenters. The summed E-state index contributed by atoms with van der Waals surface area (Å²) in [6, 6.07) is -0.186. The van der Waals surface area contributed by atoms with Crippen molar-refractivity contribution in [1.29, 1.82) is 0 Å². The zero-order valence-corrected chi connectivity index (χ0v) is 8.69. The van der Waals surface area contributed by atoms with Gasteiger partial charge < -0.3 is 15.2 Å². The highest BCUT2D eigenvalue weighted by atomic mass is 16.5. The highest BCUT2D eigenvalue weighted by Gasteiger charge is 2.24. The fraction of sp³-hybridized carbons (Fsp3) is 0.889. The average molecular weight is 202 g/mol. The quantitative estimate of drug-likeness (QED) is 0.636. The Kier molecular flexibility index (Phi) is 4.31. The third-order valence-corrected chi connectivity index (χ3v) is 2.57.